The molecule has 21 heavy (non-hydrogen) atoms. The fourth-order valence-electron chi connectivity index (χ4n) is 4.50. The summed E-state index contributed by atoms with van der Waals surface area (Å²) in [5, 5.41) is 3.86. The molecule has 4 rings (SSSR count). The summed E-state index contributed by atoms with van der Waals surface area (Å²) in [5.74, 6) is 1.19. The van der Waals surface area contributed by atoms with Gasteiger partial charge in [-0.3, -0.25) is 4.79 Å². The van der Waals surface area contributed by atoms with Gasteiger partial charge in [-0.25, -0.2) is 4.98 Å². The van der Waals surface area contributed by atoms with Crippen LogP contribution in [0.15, 0.2) is 0 Å². The number of hydrogen-bond acceptors (Lipinski definition) is 4. The van der Waals surface area contributed by atoms with Gasteiger partial charge in [-0.1, -0.05) is 6.42 Å². The second kappa shape index (κ2) is 5.36. The number of rotatable bonds is 2. The summed E-state index contributed by atoms with van der Waals surface area (Å²) >= 11 is 1.67. The van der Waals surface area contributed by atoms with E-state index in [0.29, 0.717) is 11.8 Å². The SMILES string of the molecule is NC1C2CCC(C2)C1C(=O)Nc1nc2c(s1)CCCCC2. The Morgan fingerprint density at radius 1 is 1.19 bits per heavy atom. The lowest BCUT2D eigenvalue weighted by atomic mass is 9.84. The zero-order valence-corrected chi connectivity index (χ0v) is 13.1. The minimum Gasteiger partial charge on any atom is -0.327 e. The first-order valence-electron chi connectivity index (χ1n) is 8.27. The number of aryl methyl sites for hydroxylation is 2. The Morgan fingerprint density at radius 3 is 2.81 bits per heavy atom. The predicted octanol–water partition coefficient (Wildman–Crippen LogP) is 2.72. The van der Waals surface area contributed by atoms with Gasteiger partial charge in [0.1, 0.15) is 0 Å². The van der Waals surface area contributed by atoms with Gasteiger partial charge in [0.25, 0.3) is 0 Å². The number of nitrogens with two attached hydrogens (primary N) is 1. The summed E-state index contributed by atoms with van der Waals surface area (Å²) in [5.41, 5.74) is 7.47. The molecule has 0 aromatic carbocycles. The third-order valence-corrected chi connectivity index (χ3v) is 6.68. The minimum absolute atomic E-state index is 0.00690. The maximum atomic E-state index is 12.6. The molecule has 2 bridgehead atoms. The number of anilines is 1. The van der Waals surface area contributed by atoms with Crippen molar-refractivity contribution in [2.24, 2.45) is 23.5 Å². The van der Waals surface area contributed by atoms with Crippen LogP contribution in [-0.2, 0) is 17.6 Å². The Hall–Kier alpha value is -0.940. The van der Waals surface area contributed by atoms with E-state index in [0.717, 1.165) is 24.4 Å². The maximum absolute atomic E-state index is 12.6. The van der Waals surface area contributed by atoms with E-state index < -0.39 is 0 Å². The number of thiazole rings is 1. The molecule has 1 amide bonds. The van der Waals surface area contributed by atoms with Crippen LogP contribution in [0.1, 0.15) is 49.1 Å². The lowest BCUT2D eigenvalue weighted by Gasteiger charge is -2.26. The van der Waals surface area contributed by atoms with E-state index in [1.54, 1.807) is 11.3 Å². The van der Waals surface area contributed by atoms with Crippen molar-refractivity contribution in [2.45, 2.75) is 57.4 Å². The van der Waals surface area contributed by atoms with Crippen molar-refractivity contribution in [2.75, 3.05) is 5.32 Å². The van der Waals surface area contributed by atoms with E-state index >= 15 is 0 Å². The predicted molar refractivity (Wildman–Crippen MR) is 84.3 cm³/mol. The Balaban J connectivity index is 1.47. The average Bonchev–Trinajstić information content (AvgIpc) is 3.10. The highest BCUT2D eigenvalue weighted by molar-refractivity contribution is 7.15. The molecule has 3 aliphatic carbocycles. The molecule has 2 saturated carbocycles. The third kappa shape index (κ3) is 2.40. The summed E-state index contributed by atoms with van der Waals surface area (Å²) in [7, 11) is 0. The molecular formula is C16H23N3OS. The zero-order valence-electron chi connectivity index (χ0n) is 12.3. The highest BCUT2D eigenvalue weighted by Crippen LogP contribution is 2.48. The minimum atomic E-state index is 0.00690. The monoisotopic (exact) mass is 305 g/mol. The summed E-state index contributed by atoms with van der Waals surface area (Å²) in [6.45, 7) is 0. The van der Waals surface area contributed by atoms with Crippen LogP contribution in [0.4, 0.5) is 5.13 Å². The molecule has 3 N–H and O–H groups in total. The molecule has 1 heterocycles. The number of fused-ring (bicyclic) bond motifs is 3. The molecular weight excluding hydrogens is 282 g/mol. The molecule has 0 saturated heterocycles. The number of nitrogens with zero attached hydrogens (tertiary/aromatic N) is 1. The lowest BCUT2D eigenvalue weighted by molar-refractivity contribution is -0.121. The number of carbonyl (C=O) groups excluding carboxylic acids is 1. The molecule has 0 spiro atoms. The van der Waals surface area contributed by atoms with E-state index in [-0.39, 0.29) is 17.9 Å². The van der Waals surface area contributed by atoms with Gasteiger partial charge in [0.2, 0.25) is 5.91 Å². The van der Waals surface area contributed by atoms with Crippen molar-refractivity contribution in [1.82, 2.24) is 4.98 Å². The van der Waals surface area contributed by atoms with Crippen LogP contribution in [0.2, 0.25) is 0 Å². The number of carbonyl (C=O) groups is 1. The van der Waals surface area contributed by atoms with Gasteiger partial charge in [0.05, 0.1) is 11.6 Å². The molecule has 1 aromatic rings. The third-order valence-electron chi connectivity index (χ3n) is 5.61. The summed E-state index contributed by atoms with van der Waals surface area (Å²) in [4.78, 5) is 18.6. The molecule has 114 valence electrons. The van der Waals surface area contributed by atoms with E-state index in [2.05, 4.69) is 10.3 Å². The van der Waals surface area contributed by atoms with Crippen molar-refractivity contribution >= 4 is 22.4 Å². The number of aromatic nitrogens is 1. The fraction of sp³-hybridized carbons (Fsp3) is 0.750. The largest absolute Gasteiger partial charge is 0.327 e. The van der Waals surface area contributed by atoms with Crippen molar-refractivity contribution in [3.05, 3.63) is 10.6 Å². The van der Waals surface area contributed by atoms with E-state index in [1.807, 2.05) is 0 Å². The molecule has 4 nitrogen and oxygen atoms in total. The Bertz CT molecular complexity index is 530. The molecule has 4 atom stereocenters. The number of amides is 1. The van der Waals surface area contributed by atoms with Crippen molar-refractivity contribution < 1.29 is 4.79 Å². The van der Waals surface area contributed by atoms with Gasteiger partial charge >= 0.3 is 0 Å². The summed E-state index contributed by atoms with van der Waals surface area (Å²) in [6, 6.07) is 0.0570. The van der Waals surface area contributed by atoms with E-state index in [1.165, 1.54) is 42.7 Å². The number of nitrogens with one attached hydrogen (secondary N) is 1. The van der Waals surface area contributed by atoms with Crippen LogP contribution in [-0.4, -0.2) is 16.9 Å². The fourth-order valence-corrected chi connectivity index (χ4v) is 5.55. The Kier molecular flexibility index (Phi) is 3.50. The topological polar surface area (TPSA) is 68.0 Å². The summed E-state index contributed by atoms with van der Waals surface area (Å²) < 4.78 is 0. The van der Waals surface area contributed by atoms with E-state index in [9.17, 15) is 4.79 Å². The van der Waals surface area contributed by atoms with Crippen LogP contribution in [0.3, 0.4) is 0 Å². The Morgan fingerprint density at radius 2 is 2.00 bits per heavy atom. The number of hydrogen-bond donors (Lipinski definition) is 2. The van der Waals surface area contributed by atoms with E-state index in [4.69, 9.17) is 5.73 Å². The van der Waals surface area contributed by atoms with Gasteiger partial charge in [0.15, 0.2) is 5.13 Å². The summed E-state index contributed by atoms with van der Waals surface area (Å²) in [6.07, 6.45) is 9.48. The van der Waals surface area contributed by atoms with Crippen LogP contribution in [0.5, 0.6) is 0 Å². The lowest BCUT2D eigenvalue weighted by Crippen LogP contribution is -2.42. The van der Waals surface area contributed by atoms with Gasteiger partial charge in [-0.05, 0) is 56.8 Å². The van der Waals surface area contributed by atoms with Gasteiger partial charge < -0.3 is 11.1 Å². The first-order valence-corrected chi connectivity index (χ1v) is 9.09. The van der Waals surface area contributed by atoms with Gasteiger partial charge in [-0.2, -0.15) is 0 Å². The Labute approximate surface area is 129 Å². The van der Waals surface area contributed by atoms with Crippen LogP contribution in [0.25, 0.3) is 0 Å². The average molecular weight is 305 g/mol. The molecule has 3 aliphatic rings. The van der Waals surface area contributed by atoms with Gasteiger partial charge in [-0.15, -0.1) is 11.3 Å². The molecule has 2 fully saturated rings. The highest BCUT2D eigenvalue weighted by Gasteiger charge is 2.49. The van der Waals surface area contributed by atoms with Crippen molar-refractivity contribution in [3.63, 3.8) is 0 Å². The van der Waals surface area contributed by atoms with Crippen molar-refractivity contribution in [3.8, 4) is 0 Å². The molecule has 0 radical (unpaired) electrons. The molecule has 1 aromatic heterocycles. The second-order valence-electron chi connectivity index (χ2n) is 6.88. The zero-order chi connectivity index (χ0) is 14.4. The van der Waals surface area contributed by atoms with Crippen LogP contribution >= 0.6 is 11.3 Å². The standard InChI is InChI=1S/C16H23N3OS/c17-14-10-7-6-9(8-10)13(14)15(20)19-16-18-11-4-2-1-3-5-12(11)21-16/h9-10,13-14H,1-8,17H2,(H,18,19,20). The van der Waals surface area contributed by atoms with Crippen molar-refractivity contribution in [1.29, 1.82) is 0 Å². The van der Waals surface area contributed by atoms with Crippen LogP contribution < -0.4 is 11.1 Å². The smallest absolute Gasteiger partial charge is 0.231 e. The maximum Gasteiger partial charge on any atom is 0.231 e. The normalized spacial score (nSPS) is 34.5. The molecule has 5 heteroatoms. The highest BCUT2D eigenvalue weighted by atomic mass is 32.1. The van der Waals surface area contributed by atoms with Gasteiger partial charge in [0, 0.05) is 10.9 Å². The first kappa shape index (κ1) is 13.7. The quantitative estimate of drug-likeness (QED) is 0.826. The molecule has 0 aliphatic heterocycles. The molecule has 4 unspecified atom stereocenters. The first-order chi connectivity index (χ1) is 10.2. The van der Waals surface area contributed by atoms with Crippen LogP contribution in [0, 0.1) is 17.8 Å². The second-order valence-corrected chi connectivity index (χ2v) is 7.96.